The molecule has 0 aromatic carbocycles. The molecule has 1 aliphatic heterocycles. The van der Waals surface area contributed by atoms with E-state index in [2.05, 4.69) is 20.9 Å². The van der Waals surface area contributed by atoms with Gasteiger partial charge in [0.25, 0.3) is 0 Å². The molecule has 0 fully saturated rings. The van der Waals surface area contributed by atoms with Gasteiger partial charge >= 0.3 is 0 Å². The normalized spacial score (nSPS) is 16.7. The Labute approximate surface area is 49.1 Å². The number of hydrogen-bond acceptors (Lipinski definition) is 2. The Morgan fingerprint density at radius 2 is 2.57 bits per heavy atom. The number of carbonyl (C=O) groups excluding carboxylic acids is 1. The molecule has 0 saturated heterocycles. The lowest BCUT2D eigenvalue weighted by Gasteiger charge is -1.99. The molecule has 1 aliphatic rings. The second kappa shape index (κ2) is 1.58. The number of carbonyl (C=O) groups is 1. The SMILES string of the molecule is O=CC1=C(Br)C=N1. The van der Waals surface area contributed by atoms with Gasteiger partial charge in [0.05, 0.1) is 4.48 Å². The van der Waals surface area contributed by atoms with E-state index in [1.807, 2.05) is 0 Å². The molecular weight excluding hydrogens is 158 g/mol. The molecule has 0 spiro atoms. The van der Waals surface area contributed by atoms with Crippen molar-refractivity contribution < 1.29 is 4.79 Å². The molecule has 2 nitrogen and oxygen atoms in total. The highest BCUT2D eigenvalue weighted by atomic mass is 79.9. The van der Waals surface area contributed by atoms with Crippen LogP contribution in [0.3, 0.4) is 0 Å². The third-order valence-electron chi connectivity index (χ3n) is 0.673. The monoisotopic (exact) mass is 159 g/mol. The second-order valence-corrected chi connectivity index (χ2v) is 1.96. The van der Waals surface area contributed by atoms with Crippen molar-refractivity contribution in [2.24, 2.45) is 4.99 Å². The third-order valence-corrected chi connectivity index (χ3v) is 1.28. The van der Waals surface area contributed by atoms with Crippen molar-refractivity contribution in [2.45, 2.75) is 0 Å². The average Bonchev–Trinajstić information content (AvgIpc) is 1.65. The van der Waals surface area contributed by atoms with E-state index in [1.54, 1.807) is 6.21 Å². The summed E-state index contributed by atoms with van der Waals surface area (Å²) in [6.45, 7) is 0. The minimum absolute atomic E-state index is 0.500. The Morgan fingerprint density at radius 3 is 2.57 bits per heavy atom. The van der Waals surface area contributed by atoms with Crippen LogP contribution < -0.4 is 0 Å². The predicted molar refractivity (Wildman–Crippen MR) is 30.5 cm³/mol. The highest BCUT2D eigenvalue weighted by Gasteiger charge is 2.04. The van der Waals surface area contributed by atoms with Crippen molar-refractivity contribution in [3.8, 4) is 0 Å². The molecule has 0 aromatic rings. The van der Waals surface area contributed by atoms with Crippen LogP contribution in [0.15, 0.2) is 15.2 Å². The van der Waals surface area contributed by atoms with Crippen LogP contribution in [-0.2, 0) is 4.79 Å². The molecule has 0 radical (unpaired) electrons. The quantitative estimate of drug-likeness (QED) is 0.523. The summed E-state index contributed by atoms with van der Waals surface area (Å²) in [4.78, 5) is 13.4. The summed E-state index contributed by atoms with van der Waals surface area (Å²) in [5, 5.41) is 0. The molecule has 0 saturated carbocycles. The minimum atomic E-state index is 0.500. The van der Waals surface area contributed by atoms with Crippen LogP contribution >= 0.6 is 15.9 Å². The number of hydrogen-bond donors (Lipinski definition) is 0. The Balaban J connectivity index is 2.73. The lowest BCUT2D eigenvalue weighted by atomic mass is 10.4. The van der Waals surface area contributed by atoms with Gasteiger partial charge in [-0.05, 0) is 15.9 Å². The number of aldehydes is 1. The molecule has 7 heavy (non-hydrogen) atoms. The summed E-state index contributed by atoms with van der Waals surface area (Å²) in [5.41, 5.74) is 0.500. The Morgan fingerprint density at radius 1 is 1.86 bits per heavy atom. The number of halogens is 1. The van der Waals surface area contributed by atoms with Gasteiger partial charge in [-0.2, -0.15) is 0 Å². The van der Waals surface area contributed by atoms with E-state index in [1.165, 1.54) is 0 Å². The van der Waals surface area contributed by atoms with Crippen molar-refractivity contribution in [2.75, 3.05) is 0 Å². The van der Waals surface area contributed by atoms with Crippen molar-refractivity contribution in [1.82, 2.24) is 0 Å². The first-order valence-corrected chi connectivity index (χ1v) is 2.53. The van der Waals surface area contributed by atoms with Gasteiger partial charge in [-0.3, -0.25) is 9.79 Å². The van der Waals surface area contributed by atoms with Crippen molar-refractivity contribution in [3.63, 3.8) is 0 Å². The van der Waals surface area contributed by atoms with Crippen LogP contribution in [0.25, 0.3) is 0 Å². The topological polar surface area (TPSA) is 29.4 Å². The highest BCUT2D eigenvalue weighted by molar-refractivity contribution is 9.12. The number of rotatable bonds is 1. The molecule has 0 atom stereocenters. The molecule has 0 bridgehead atoms. The molecule has 1 heterocycles. The van der Waals surface area contributed by atoms with Gasteiger partial charge in [0.1, 0.15) is 5.70 Å². The van der Waals surface area contributed by atoms with E-state index in [4.69, 9.17) is 0 Å². The highest BCUT2D eigenvalue weighted by Crippen LogP contribution is 2.16. The fourth-order valence-corrected chi connectivity index (χ4v) is 0.573. The van der Waals surface area contributed by atoms with E-state index in [-0.39, 0.29) is 0 Å². The fraction of sp³-hybridized carbons (Fsp3) is 0. The van der Waals surface area contributed by atoms with Crippen molar-refractivity contribution in [3.05, 3.63) is 10.2 Å². The molecule has 36 valence electrons. The summed E-state index contributed by atoms with van der Waals surface area (Å²) in [5.74, 6) is 0. The van der Waals surface area contributed by atoms with Crippen LogP contribution in [0.5, 0.6) is 0 Å². The molecule has 0 aromatic heterocycles. The first kappa shape index (κ1) is 4.71. The van der Waals surface area contributed by atoms with Crippen molar-refractivity contribution >= 4 is 28.4 Å². The van der Waals surface area contributed by atoms with Gasteiger partial charge in [-0.25, -0.2) is 0 Å². The Bertz CT molecular complexity index is 155. The zero-order valence-electron chi connectivity index (χ0n) is 3.39. The van der Waals surface area contributed by atoms with Crippen LogP contribution in [0.4, 0.5) is 0 Å². The summed E-state index contributed by atoms with van der Waals surface area (Å²) in [7, 11) is 0. The van der Waals surface area contributed by atoms with Crippen LogP contribution in [-0.4, -0.2) is 12.5 Å². The maximum Gasteiger partial charge on any atom is 0.169 e. The summed E-state index contributed by atoms with van der Waals surface area (Å²) in [6.07, 6.45) is 2.30. The molecule has 0 N–H and O–H groups in total. The van der Waals surface area contributed by atoms with Crippen LogP contribution in [0, 0.1) is 0 Å². The van der Waals surface area contributed by atoms with E-state index < -0.39 is 0 Å². The fourth-order valence-electron chi connectivity index (χ4n) is 0.275. The molecule has 1 rings (SSSR count). The van der Waals surface area contributed by atoms with E-state index in [9.17, 15) is 4.79 Å². The van der Waals surface area contributed by atoms with Crippen LogP contribution in [0.1, 0.15) is 0 Å². The average molecular weight is 160 g/mol. The first-order valence-electron chi connectivity index (χ1n) is 1.73. The zero-order valence-corrected chi connectivity index (χ0v) is 4.97. The minimum Gasteiger partial charge on any atom is -0.296 e. The zero-order chi connectivity index (χ0) is 5.28. The largest absolute Gasteiger partial charge is 0.296 e. The van der Waals surface area contributed by atoms with Gasteiger partial charge in [0.15, 0.2) is 6.29 Å². The Hall–Kier alpha value is -0.440. The number of nitrogens with zero attached hydrogens (tertiary/aromatic N) is 1. The Kier molecular flexibility index (Phi) is 1.06. The smallest absolute Gasteiger partial charge is 0.169 e. The van der Waals surface area contributed by atoms with E-state index in [0.29, 0.717) is 12.0 Å². The number of allylic oxidation sites excluding steroid dienone is 2. The van der Waals surface area contributed by atoms with Gasteiger partial charge in [-0.1, -0.05) is 0 Å². The molecular formula is C4H2BrNO. The van der Waals surface area contributed by atoms with Gasteiger partial charge in [0, 0.05) is 6.21 Å². The van der Waals surface area contributed by atoms with Crippen LogP contribution in [0.2, 0.25) is 0 Å². The lowest BCUT2D eigenvalue weighted by Crippen LogP contribution is -1.95. The lowest BCUT2D eigenvalue weighted by molar-refractivity contribution is -0.105. The first-order chi connectivity index (χ1) is 3.34. The second-order valence-electron chi connectivity index (χ2n) is 1.11. The summed E-state index contributed by atoms with van der Waals surface area (Å²) >= 11 is 3.09. The summed E-state index contributed by atoms with van der Waals surface area (Å²) < 4.78 is 0.794. The molecule has 0 amide bonds. The van der Waals surface area contributed by atoms with Crippen molar-refractivity contribution in [1.29, 1.82) is 0 Å². The third kappa shape index (κ3) is 0.632. The standard InChI is InChI=1S/C4H2BrNO/c5-3-1-6-4(3)2-7/h1-2H. The maximum atomic E-state index is 9.80. The molecule has 0 aliphatic carbocycles. The van der Waals surface area contributed by atoms with Gasteiger partial charge < -0.3 is 0 Å². The van der Waals surface area contributed by atoms with E-state index in [0.717, 1.165) is 4.48 Å². The molecule has 3 heteroatoms. The maximum absolute atomic E-state index is 9.80. The van der Waals surface area contributed by atoms with E-state index >= 15 is 0 Å². The number of aliphatic imine (C=N–C) groups is 1. The van der Waals surface area contributed by atoms with Gasteiger partial charge in [0.2, 0.25) is 0 Å². The molecule has 0 unspecified atom stereocenters. The van der Waals surface area contributed by atoms with Gasteiger partial charge in [-0.15, -0.1) is 0 Å². The summed E-state index contributed by atoms with van der Waals surface area (Å²) in [6, 6.07) is 0. The predicted octanol–water partition coefficient (Wildman–Crippen LogP) is 0.876.